The molecule has 0 spiro atoms. The molecular formula is C24H36N2OS. The summed E-state index contributed by atoms with van der Waals surface area (Å²) in [7, 11) is 0. The third-order valence-electron chi connectivity index (χ3n) is 10.00. The number of carbonyl (C=O) groups excluding carboxylic acids is 1. The van der Waals surface area contributed by atoms with Gasteiger partial charge in [-0.25, -0.2) is 0 Å². The molecule has 0 radical (unpaired) electrons. The molecule has 3 nitrogen and oxygen atoms in total. The minimum atomic E-state index is -0.466. The maximum absolute atomic E-state index is 12.8. The van der Waals surface area contributed by atoms with Gasteiger partial charge in [0.2, 0.25) is 0 Å². The van der Waals surface area contributed by atoms with Gasteiger partial charge < -0.3 is 5.73 Å². The van der Waals surface area contributed by atoms with Crippen molar-refractivity contribution in [1.82, 2.24) is 0 Å². The van der Waals surface area contributed by atoms with Crippen LogP contribution >= 0.6 is 12.2 Å². The van der Waals surface area contributed by atoms with E-state index >= 15 is 0 Å². The normalized spacial score (nSPS) is 48.5. The van der Waals surface area contributed by atoms with Crippen molar-refractivity contribution in [1.29, 1.82) is 5.26 Å². The minimum Gasteiger partial charge on any atom is -0.392 e. The molecule has 0 unspecified atom stereocenters. The average molecular weight is 401 g/mol. The highest BCUT2D eigenvalue weighted by molar-refractivity contribution is 7.80. The lowest BCUT2D eigenvalue weighted by Gasteiger charge is -2.60. The maximum Gasteiger partial charge on any atom is 0.133 e. The molecule has 0 aromatic rings. The summed E-state index contributed by atoms with van der Waals surface area (Å²) in [5.74, 6) is 2.64. The van der Waals surface area contributed by atoms with Crippen LogP contribution in [0.5, 0.6) is 0 Å². The van der Waals surface area contributed by atoms with Crippen LogP contribution in [0.25, 0.3) is 0 Å². The Morgan fingerprint density at radius 3 is 2.50 bits per heavy atom. The first kappa shape index (κ1) is 20.3. The van der Waals surface area contributed by atoms with Crippen molar-refractivity contribution >= 4 is 23.0 Å². The van der Waals surface area contributed by atoms with E-state index in [2.05, 4.69) is 19.9 Å². The van der Waals surface area contributed by atoms with Crippen LogP contribution in [0.15, 0.2) is 0 Å². The second-order valence-electron chi connectivity index (χ2n) is 10.9. The summed E-state index contributed by atoms with van der Waals surface area (Å²) >= 11 is 5.25. The molecule has 154 valence electrons. The zero-order chi connectivity index (χ0) is 20.3. The van der Waals surface area contributed by atoms with Crippen molar-refractivity contribution < 1.29 is 4.79 Å². The molecule has 0 heterocycles. The number of hydrogen-bond acceptors (Lipinski definition) is 3. The molecule has 4 saturated carbocycles. The van der Waals surface area contributed by atoms with Crippen molar-refractivity contribution in [3.63, 3.8) is 0 Å². The summed E-state index contributed by atoms with van der Waals surface area (Å²) in [6.45, 7) is 6.66. The van der Waals surface area contributed by atoms with Gasteiger partial charge in [-0.1, -0.05) is 38.9 Å². The fourth-order valence-corrected chi connectivity index (χ4v) is 9.08. The molecule has 4 fully saturated rings. The van der Waals surface area contributed by atoms with Gasteiger partial charge in [-0.15, -0.1) is 0 Å². The molecule has 0 aromatic carbocycles. The molecule has 4 aliphatic carbocycles. The van der Waals surface area contributed by atoms with Crippen molar-refractivity contribution in [2.24, 2.45) is 58.0 Å². The number of fused-ring (bicyclic) bond motifs is 5. The number of nitrogens with two attached hydrogens (primary N) is 1. The lowest BCUT2D eigenvalue weighted by atomic mass is 9.45. The van der Waals surface area contributed by atoms with Gasteiger partial charge >= 0.3 is 0 Å². The molecule has 0 aliphatic heterocycles. The first-order valence-corrected chi connectivity index (χ1v) is 11.8. The second-order valence-corrected chi connectivity index (χ2v) is 11.4. The lowest BCUT2D eigenvalue weighted by Crippen LogP contribution is -2.53. The average Bonchev–Trinajstić information content (AvgIpc) is 2.94. The van der Waals surface area contributed by atoms with Crippen LogP contribution in [0.2, 0.25) is 0 Å². The number of nitriles is 1. The van der Waals surface area contributed by atoms with E-state index in [0.717, 1.165) is 24.7 Å². The highest BCUT2D eigenvalue weighted by atomic mass is 32.1. The van der Waals surface area contributed by atoms with E-state index in [1.165, 1.54) is 44.9 Å². The van der Waals surface area contributed by atoms with E-state index < -0.39 is 5.92 Å². The summed E-state index contributed by atoms with van der Waals surface area (Å²) in [5, 5.41) is 9.77. The highest BCUT2D eigenvalue weighted by Gasteiger charge is 2.63. The molecule has 0 aromatic heterocycles. The molecule has 2 N–H and O–H groups in total. The van der Waals surface area contributed by atoms with Crippen LogP contribution in [0.4, 0.5) is 0 Å². The van der Waals surface area contributed by atoms with Gasteiger partial charge in [0.05, 0.1) is 17.0 Å². The monoisotopic (exact) mass is 400 g/mol. The van der Waals surface area contributed by atoms with Crippen LogP contribution in [-0.2, 0) is 4.79 Å². The number of hydrogen-bond donors (Lipinski definition) is 1. The Kier molecular flexibility index (Phi) is 5.14. The number of Topliss-reactive ketones (excluding diaryl/α,β-unsaturated/α-hetero) is 1. The third-order valence-corrected chi connectivity index (χ3v) is 10.3. The van der Waals surface area contributed by atoms with Crippen LogP contribution in [-0.4, -0.2) is 10.8 Å². The number of carbonyl (C=O) groups is 1. The number of thiocarbonyl (C=S) groups is 1. The predicted octanol–water partition coefficient (Wildman–Crippen LogP) is 5.28. The number of nitrogens with zero attached hydrogens (tertiary/aromatic N) is 1. The lowest BCUT2D eigenvalue weighted by molar-refractivity contribution is -0.134. The van der Waals surface area contributed by atoms with Gasteiger partial charge in [-0.05, 0) is 92.3 Å². The molecule has 9 atom stereocenters. The standard InChI is InChI=1S/C24H36N2OS/c1-14(27)21-17(18(13-25)22(26)28)12-20-16-8-7-15-6-4-5-10-23(15,2)19(16)9-11-24(20,21)3/h15-21H,4-12H2,1-3H3,(H2,26,28)/t15-,16-,17-,18-,19+,20+,21+,23+,24+/m1/s1. The first-order chi connectivity index (χ1) is 13.2. The Morgan fingerprint density at radius 2 is 1.86 bits per heavy atom. The van der Waals surface area contributed by atoms with E-state index in [1.54, 1.807) is 6.92 Å². The topological polar surface area (TPSA) is 66.9 Å². The quantitative estimate of drug-likeness (QED) is 0.655. The van der Waals surface area contributed by atoms with E-state index in [0.29, 0.717) is 17.3 Å². The summed E-state index contributed by atoms with van der Waals surface area (Å²) in [6, 6.07) is 2.36. The van der Waals surface area contributed by atoms with Gasteiger partial charge in [0.1, 0.15) is 5.78 Å². The van der Waals surface area contributed by atoms with E-state index in [1.807, 2.05) is 0 Å². The fourth-order valence-electron chi connectivity index (χ4n) is 8.86. The SMILES string of the molecule is CC(=O)[C@H]1[C@@H]([C@@H](C#N)C(N)=S)C[C@H]2[C@@H]3CC[C@H]4CCCC[C@]4(C)[C@H]3CC[C@@]21C. The van der Waals surface area contributed by atoms with Gasteiger partial charge in [-0.2, -0.15) is 5.26 Å². The molecule has 0 bridgehead atoms. The second kappa shape index (κ2) is 7.08. The first-order valence-electron chi connectivity index (χ1n) is 11.4. The molecule has 0 saturated heterocycles. The molecule has 4 rings (SSSR count). The van der Waals surface area contributed by atoms with Crippen molar-refractivity contribution in [3.05, 3.63) is 0 Å². The van der Waals surface area contributed by atoms with Crippen molar-refractivity contribution in [3.8, 4) is 6.07 Å². The van der Waals surface area contributed by atoms with Gasteiger partial charge in [0, 0.05) is 5.92 Å². The Morgan fingerprint density at radius 1 is 1.11 bits per heavy atom. The zero-order valence-corrected chi connectivity index (χ0v) is 18.6. The minimum absolute atomic E-state index is 0.00522. The molecule has 4 heteroatoms. The summed E-state index contributed by atoms with van der Waals surface area (Å²) in [5.41, 5.74) is 6.46. The Bertz CT molecular complexity index is 714. The number of rotatable bonds is 3. The molecule has 4 aliphatic rings. The Hall–Kier alpha value is -0.950. The third kappa shape index (κ3) is 2.79. The molecule has 28 heavy (non-hydrogen) atoms. The number of ketones is 1. The van der Waals surface area contributed by atoms with Gasteiger partial charge in [0.25, 0.3) is 0 Å². The molecular weight excluding hydrogens is 364 g/mol. The van der Waals surface area contributed by atoms with Gasteiger partial charge in [0.15, 0.2) is 0 Å². The highest BCUT2D eigenvalue weighted by Crippen LogP contribution is 2.69. The predicted molar refractivity (Wildman–Crippen MR) is 115 cm³/mol. The summed E-state index contributed by atoms with van der Waals surface area (Å²) in [6.07, 6.45) is 11.6. The Balaban J connectivity index is 1.69. The van der Waals surface area contributed by atoms with Crippen molar-refractivity contribution in [2.45, 2.75) is 78.6 Å². The largest absolute Gasteiger partial charge is 0.392 e. The van der Waals surface area contributed by atoms with Crippen LogP contribution in [0.3, 0.4) is 0 Å². The zero-order valence-electron chi connectivity index (χ0n) is 17.7. The van der Waals surface area contributed by atoms with Crippen molar-refractivity contribution in [2.75, 3.05) is 0 Å². The van der Waals surface area contributed by atoms with Crippen LogP contribution in [0.1, 0.15) is 78.6 Å². The Labute approximate surface area is 175 Å². The summed E-state index contributed by atoms with van der Waals surface area (Å²) in [4.78, 5) is 13.1. The molecule has 0 amide bonds. The fraction of sp³-hybridized carbons (Fsp3) is 0.875. The van der Waals surface area contributed by atoms with Crippen LogP contribution < -0.4 is 5.73 Å². The smallest absolute Gasteiger partial charge is 0.133 e. The van der Waals surface area contributed by atoms with E-state index in [9.17, 15) is 10.1 Å². The van der Waals surface area contributed by atoms with Crippen LogP contribution in [0, 0.1) is 63.6 Å². The van der Waals surface area contributed by atoms with Gasteiger partial charge in [-0.3, -0.25) is 4.79 Å². The van der Waals surface area contributed by atoms with E-state index in [4.69, 9.17) is 18.0 Å². The summed E-state index contributed by atoms with van der Waals surface area (Å²) < 4.78 is 0. The van der Waals surface area contributed by atoms with E-state index in [-0.39, 0.29) is 28.0 Å². The maximum atomic E-state index is 12.8.